The summed E-state index contributed by atoms with van der Waals surface area (Å²) in [5.74, 6) is -2.48. The van der Waals surface area contributed by atoms with Gasteiger partial charge in [-0.15, -0.1) is 13.2 Å². The average Bonchev–Trinajstić information content (AvgIpc) is 2.23. The Labute approximate surface area is 103 Å². The number of aromatic nitrogens is 1. The van der Waals surface area contributed by atoms with E-state index >= 15 is 0 Å². The van der Waals surface area contributed by atoms with Crippen molar-refractivity contribution < 1.29 is 35.8 Å². The molecule has 0 aromatic carbocycles. The topological polar surface area (TPSA) is 57.4 Å². The van der Waals surface area contributed by atoms with Gasteiger partial charge in [-0.1, -0.05) is 0 Å². The molecule has 0 radical (unpaired) electrons. The summed E-state index contributed by atoms with van der Waals surface area (Å²) in [5.41, 5.74) is 3.15. The highest BCUT2D eigenvalue weighted by Crippen LogP contribution is 2.43. The summed E-state index contributed by atoms with van der Waals surface area (Å²) in [4.78, 5) is 3.35. The van der Waals surface area contributed by atoms with Crippen LogP contribution in [0.4, 0.5) is 26.3 Å². The maximum atomic E-state index is 12.7. The van der Waals surface area contributed by atoms with Crippen molar-refractivity contribution in [1.29, 1.82) is 0 Å². The van der Waals surface area contributed by atoms with Gasteiger partial charge in [0.2, 0.25) is 5.88 Å². The van der Waals surface area contributed by atoms with Crippen LogP contribution in [-0.2, 0) is 12.7 Å². The lowest BCUT2D eigenvalue weighted by atomic mass is 10.2. The summed E-state index contributed by atoms with van der Waals surface area (Å²) in [6.07, 6.45) is -10.4. The first-order chi connectivity index (χ1) is 8.58. The van der Waals surface area contributed by atoms with Crippen molar-refractivity contribution in [1.82, 2.24) is 4.98 Å². The van der Waals surface area contributed by atoms with Crippen LogP contribution in [0.15, 0.2) is 6.07 Å². The Morgan fingerprint density at radius 1 is 1.21 bits per heavy atom. The summed E-state index contributed by atoms with van der Waals surface area (Å²) in [6.45, 7) is -0.372. The highest BCUT2D eigenvalue weighted by atomic mass is 19.4. The number of nitrogens with zero attached hydrogens (tertiary/aromatic N) is 1. The maximum Gasteiger partial charge on any atom is 0.573 e. The molecule has 0 atom stereocenters. The molecule has 0 saturated heterocycles. The molecule has 1 aromatic heterocycles. The highest BCUT2D eigenvalue weighted by molar-refractivity contribution is 5.44. The number of alkyl halides is 6. The molecule has 10 heteroatoms. The van der Waals surface area contributed by atoms with Crippen LogP contribution in [-0.4, -0.2) is 18.5 Å². The van der Waals surface area contributed by atoms with Crippen LogP contribution < -0.4 is 15.2 Å². The van der Waals surface area contributed by atoms with E-state index in [1.165, 1.54) is 0 Å². The van der Waals surface area contributed by atoms with Gasteiger partial charge >= 0.3 is 12.5 Å². The number of methoxy groups -OCH3 is 1. The van der Waals surface area contributed by atoms with E-state index in [9.17, 15) is 26.3 Å². The van der Waals surface area contributed by atoms with E-state index < -0.39 is 29.7 Å². The smallest absolute Gasteiger partial charge is 0.480 e. The minimum atomic E-state index is -5.28. The van der Waals surface area contributed by atoms with E-state index in [0.717, 1.165) is 7.11 Å². The van der Waals surface area contributed by atoms with Gasteiger partial charge in [-0.3, -0.25) is 0 Å². The Kier molecular flexibility index (Phi) is 4.13. The van der Waals surface area contributed by atoms with Crippen molar-refractivity contribution in [2.75, 3.05) is 7.11 Å². The van der Waals surface area contributed by atoms with Crippen molar-refractivity contribution >= 4 is 0 Å². The lowest BCUT2D eigenvalue weighted by Crippen LogP contribution is -2.21. The first kappa shape index (κ1) is 15.3. The van der Waals surface area contributed by atoms with Gasteiger partial charge in [0, 0.05) is 12.6 Å². The third-order valence-corrected chi connectivity index (χ3v) is 1.91. The second-order valence-electron chi connectivity index (χ2n) is 3.25. The minimum absolute atomic E-state index is 0.232. The fourth-order valence-electron chi connectivity index (χ4n) is 1.27. The number of nitrogens with two attached hydrogens (primary N) is 1. The van der Waals surface area contributed by atoms with Crippen LogP contribution in [0.25, 0.3) is 0 Å². The predicted molar refractivity (Wildman–Crippen MR) is 50.4 cm³/mol. The van der Waals surface area contributed by atoms with Crippen molar-refractivity contribution in [3.8, 4) is 11.6 Å². The van der Waals surface area contributed by atoms with Crippen LogP contribution in [0.3, 0.4) is 0 Å². The molecule has 0 aliphatic rings. The van der Waals surface area contributed by atoms with Crippen LogP contribution in [0.2, 0.25) is 0 Å². The van der Waals surface area contributed by atoms with E-state index in [0.29, 0.717) is 6.07 Å². The van der Waals surface area contributed by atoms with Gasteiger partial charge in [-0.05, 0) is 0 Å². The lowest BCUT2D eigenvalue weighted by molar-refractivity contribution is -0.276. The molecule has 19 heavy (non-hydrogen) atoms. The zero-order valence-electron chi connectivity index (χ0n) is 9.39. The summed E-state index contributed by atoms with van der Waals surface area (Å²) in [7, 11) is 0.842. The number of hydrogen-bond donors (Lipinski definition) is 1. The van der Waals surface area contributed by atoms with Crippen molar-refractivity contribution in [3.63, 3.8) is 0 Å². The molecular formula is C9H8F6N2O2. The monoisotopic (exact) mass is 290 g/mol. The Morgan fingerprint density at radius 3 is 2.16 bits per heavy atom. The van der Waals surface area contributed by atoms with Crippen LogP contribution in [0.1, 0.15) is 11.3 Å². The second-order valence-corrected chi connectivity index (χ2v) is 3.25. The van der Waals surface area contributed by atoms with Gasteiger partial charge in [0.15, 0.2) is 5.56 Å². The minimum Gasteiger partial charge on any atom is -0.480 e. The van der Waals surface area contributed by atoms with E-state index in [4.69, 9.17) is 5.73 Å². The molecule has 1 aromatic rings. The molecule has 108 valence electrons. The van der Waals surface area contributed by atoms with E-state index in [1.54, 1.807) is 0 Å². The molecule has 4 nitrogen and oxygen atoms in total. The first-order valence-electron chi connectivity index (χ1n) is 4.69. The fourth-order valence-corrected chi connectivity index (χ4v) is 1.27. The van der Waals surface area contributed by atoms with Crippen LogP contribution >= 0.6 is 0 Å². The molecular weight excluding hydrogens is 282 g/mol. The second kappa shape index (κ2) is 5.11. The van der Waals surface area contributed by atoms with Gasteiger partial charge in [0.25, 0.3) is 0 Å². The summed E-state index contributed by atoms with van der Waals surface area (Å²) in [6, 6.07) is 0.471. The third kappa shape index (κ3) is 3.88. The molecule has 0 unspecified atom stereocenters. The van der Waals surface area contributed by atoms with Gasteiger partial charge < -0.3 is 15.2 Å². The molecule has 0 bridgehead atoms. The zero-order valence-corrected chi connectivity index (χ0v) is 9.39. The number of rotatable bonds is 3. The van der Waals surface area contributed by atoms with E-state index in [1.807, 2.05) is 0 Å². The standard InChI is InChI=1S/C9H8F6N2O2/c1-18-7-6(8(10,11)12)5(19-9(13,14)15)2-4(3-16)17-7/h2H,3,16H2,1H3. The lowest BCUT2D eigenvalue weighted by Gasteiger charge is -2.18. The normalized spacial score (nSPS) is 12.4. The van der Waals surface area contributed by atoms with E-state index in [2.05, 4.69) is 14.5 Å². The molecule has 0 aliphatic carbocycles. The molecule has 0 spiro atoms. The summed E-state index contributed by atoms with van der Waals surface area (Å²) in [5, 5.41) is 0. The summed E-state index contributed by atoms with van der Waals surface area (Å²) >= 11 is 0. The molecule has 0 aliphatic heterocycles. The molecule has 2 N–H and O–H groups in total. The predicted octanol–water partition coefficient (Wildman–Crippen LogP) is 2.47. The van der Waals surface area contributed by atoms with Crippen LogP contribution in [0, 0.1) is 0 Å². The third-order valence-electron chi connectivity index (χ3n) is 1.91. The van der Waals surface area contributed by atoms with Gasteiger partial charge in [-0.25, -0.2) is 4.98 Å². The fraction of sp³-hybridized carbons (Fsp3) is 0.444. The summed E-state index contributed by atoms with van der Waals surface area (Å²) < 4.78 is 82.1. The SMILES string of the molecule is COc1nc(CN)cc(OC(F)(F)F)c1C(F)(F)F. The number of ether oxygens (including phenoxy) is 2. The first-order valence-corrected chi connectivity index (χ1v) is 4.69. The molecule has 0 fully saturated rings. The highest BCUT2D eigenvalue weighted by Gasteiger charge is 2.43. The number of halogens is 6. The largest absolute Gasteiger partial charge is 0.573 e. The van der Waals surface area contributed by atoms with E-state index in [-0.39, 0.29) is 12.2 Å². The Balaban J connectivity index is 3.47. The Hall–Kier alpha value is -1.71. The van der Waals surface area contributed by atoms with Crippen molar-refractivity contribution in [2.45, 2.75) is 19.1 Å². The zero-order chi connectivity index (χ0) is 14.8. The molecule has 0 saturated carbocycles. The number of pyridine rings is 1. The quantitative estimate of drug-likeness (QED) is 0.869. The Bertz CT molecular complexity index is 457. The molecule has 0 amide bonds. The van der Waals surface area contributed by atoms with Gasteiger partial charge in [0.1, 0.15) is 5.75 Å². The van der Waals surface area contributed by atoms with Crippen molar-refractivity contribution in [3.05, 3.63) is 17.3 Å². The molecule has 1 rings (SSSR count). The van der Waals surface area contributed by atoms with Crippen molar-refractivity contribution in [2.24, 2.45) is 5.73 Å². The maximum absolute atomic E-state index is 12.7. The van der Waals surface area contributed by atoms with Gasteiger partial charge in [0.05, 0.1) is 12.8 Å². The van der Waals surface area contributed by atoms with Crippen LogP contribution in [0.5, 0.6) is 11.6 Å². The molecule has 1 heterocycles. The number of hydrogen-bond acceptors (Lipinski definition) is 4. The van der Waals surface area contributed by atoms with Gasteiger partial charge in [-0.2, -0.15) is 13.2 Å². The Morgan fingerprint density at radius 2 is 1.79 bits per heavy atom. The average molecular weight is 290 g/mol.